The van der Waals surface area contributed by atoms with Gasteiger partial charge in [0.2, 0.25) is 0 Å². The molecule has 0 saturated heterocycles. The highest BCUT2D eigenvalue weighted by Crippen LogP contribution is 2.09. The zero-order chi connectivity index (χ0) is 11.5. The van der Waals surface area contributed by atoms with Gasteiger partial charge in [-0.3, -0.25) is 0 Å². The minimum Gasteiger partial charge on any atom is -0.326 e. The fourth-order valence-electron chi connectivity index (χ4n) is 1.59. The maximum Gasteiger partial charge on any atom is 0.147 e. The number of aromatic nitrogens is 5. The highest BCUT2D eigenvalue weighted by molar-refractivity contribution is 6.16. The Morgan fingerprint density at radius 3 is 2.81 bits per heavy atom. The van der Waals surface area contributed by atoms with Gasteiger partial charge in [-0.2, -0.15) is 5.10 Å². The first-order valence-electron chi connectivity index (χ1n) is 5.16. The summed E-state index contributed by atoms with van der Waals surface area (Å²) in [4.78, 5) is 8.41. The number of hydrogen-bond donors (Lipinski definition) is 0. The van der Waals surface area contributed by atoms with E-state index in [0.29, 0.717) is 18.5 Å². The van der Waals surface area contributed by atoms with Gasteiger partial charge in [0.15, 0.2) is 0 Å². The lowest BCUT2D eigenvalue weighted by Crippen LogP contribution is -2.12. The van der Waals surface area contributed by atoms with Crippen LogP contribution in [0.15, 0.2) is 18.7 Å². The summed E-state index contributed by atoms with van der Waals surface area (Å²) in [6, 6.07) is 0.306. The second kappa shape index (κ2) is 4.65. The van der Waals surface area contributed by atoms with Gasteiger partial charge < -0.3 is 4.57 Å². The van der Waals surface area contributed by atoms with Crippen LogP contribution in [0.4, 0.5) is 0 Å². The van der Waals surface area contributed by atoms with E-state index in [4.69, 9.17) is 11.6 Å². The van der Waals surface area contributed by atoms with Crippen LogP contribution < -0.4 is 0 Å². The average Bonchev–Trinajstić information content (AvgIpc) is 2.86. The van der Waals surface area contributed by atoms with Gasteiger partial charge in [-0.25, -0.2) is 14.6 Å². The van der Waals surface area contributed by atoms with Crippen molar-refractivity contribution in [2.24, 2.45) is 0 Å². The van der Waals surface area contributed by atoms with E-state index < -0.39 is 0 Å². The topological polar surface area (TPSA) is 48.5 Å². The van der Waals surface area contributed by atoms with Crippen molar-refractivity contribution in [1.29, 1.82) is 0 Å². The summed E-state index contributed by atoms with van der Waals surface area (Å²) in [5.74, 6) is 2.17. The first-order valence-corrected chi connectivity index (χ1v) is 5.70. The average molecular weight is 240 g/mol. The van der Waals surface area contributed by atoms with Crippen LogP contribution in [0.3, 0.4) is 0 Å². The quantitative estimate of drug-likeness (QED) is 0.765. The van der Waals surface area contributed by atoms with E-state index in [2.05, 4.69) is 28.9 Å². The van der Waals surface area contributed by atoms with E-state index >= 15 is 0 Å². The Balaban J connectivity index is 2.23. The van der Waals surface area contributed by atoms with E-state index in [0.717, 1.165) is 11.6 Å². The van der Waals surface area contributed by atoms with Gasteiger partial charge in [-0.1, -0.05) is 0 Å². The molecule has 6 heteroatoms. The van der Waals surface area contributed by atoms with Gasteiger partial charge in [-0.05, 0) is 13.8 Å². The second-order valence-electron chi connectivity index (χ2n) is 3.82. The zero-order valence-electron chi connectivity index (χ0n) is 9.34. The molecule has 0 atom stereocenters. The number of hydrogen-bond acceptors (Lipinski definition) is 3. The third kappa shape index (κ3) is 2.09. The van der Waals surface area contributed by atoms with Crippen molar-refractivity contribution >= 4 is 11.6 Å². The standard InChI is InChI=1S/C10H14ClN5/c1-8(2)16-10(13-7-14-16)6-15-4-3-12-9(15)5-11/h3-4,7-8H,5-6H2,1-2H3. The van der Waals surface area contributed by atoms with Gasteiger partial charge in [-0.15, -0.1) is 11.6 Å². The number of nitrogens with zero attached hydrogens (tertiary/aromatic N) is 5. The van der Waals surface area contributed by atoms with Crippen molar-refractivity contribution in [2.45, 2.75) is 32.3 Å². The van der Waals surface area contributed by atoms with Gasteiger partial charge in [0, 0.05) is 18.4 Å². The molecule has 0 radical (unpaired) electrons. The molecule has 0 aliphatic carbocycles. The Bertz CT molecular complexity index is 459. The van der Waals surface area contributed by atoms with Crippen molar-refractivity contribution in [3.63, 3.8) is 0 Å². The molecule has 5 nitrogen and oxygen atoms in total. The van der Waals surface area contributed by atoms with Crippen LogP contribution >= 0.6 is 11.6 Å². The predicted molar refractivity (Wildman–Crippen MR) is 61.3 cm³/mol. The van der Waals surface area contributed by atoms with Crippen LogP contribution in [0.5, 0.6) is 0 Å². The molecule has 0 aliphatic heterocycles. The Morgan fingerprint density at radius 2 is 2.12 bits per heavy atom. The lowest BCUT2D eigenvalue weighted by atomic mass is 10.4. The van der Waals surface area contributed by atoms with Gasteiger partial charge in [0.05, 0.1) is 12.4 Å². The maximum atomic E-state index is 5.79. The Morgan fingerprint density at radius 1 is 1.31 bits per heavy atom. The van der Waals surface area contributed by atoms with Crippen molar-refractivity contribution in [1.82, 2.24) is 24.3 Å². The minimum absolute atomic E-state index is 0.306. The van der Waals surface area contributed by atoms with E-state index in [1.807, 2.05) is 15.4 Å². The molecule has 2 rings (SSSR count). The second-order valence-corrected chi connectivity index (χ2v) is 4.09. The lowest BCUT2D eigenvalue weighted by Gasteiger charge is -2.10. The molecule has 16 heavy (non-hydrogen) atoms. The summed E-state index contributed by atoms with van der Waals surface area (Å²) in [5, 5.41) is 4.19. The Labute approximate surface area is 99.1 Å². The fraction of sp³-hybridized carbons (Fsp3) is 0.500. The first-order chi connectivity index (χ1) is 7.72. The van der Waals surface area contributed by atoms with Crippen LogP contribution in [-0.2, 0) is 12.4 Å². The Hall–Kier alpha value is -1.36. The molecule has 2 aromatic heterocycles. The minimum atomic E-state index is 0.306. The molecule has 0 spiro atoms. The number of rotatable bonds is 4. The third-order valence-electron chi connectivity index (χ3n) is 2.37. The van der Waals surface area contributed by atoms with Crippen LogP contribution in [0, 0.1) is 0 Å². The molecule has 0 fully saturated rings. The van der Waals surface area contributed by atoms with Crippen molar-refractivity contribution in [2.75, 3.05) is 0 Å². The molecular weight excluding hydrogens is 226 g/mol. The van der Waals surface area contributed by atoms with Gasteiger partial charge in [0.25, 0.3) is 0 Å². The summed E-state index contributed by atoms with van der Waals surface area (Å²) in [7, 11) is 0. The molecule has 0 saturated carbocycles. The number of halogens is 1. The van der Waals surface area contributed by atoms with E-state index in [9.17, 15) is 0 Å². The molecular formula is C10H14ClN5. The van der Waals surface area contributed by atoms with Gasteiger partial charge in [0.1, 0.15) is 18.0 Å². The van der Waals surface area contributed by atoms with Crippen LogP contribution in [0.1, 0.15) is 31.5 Å². The number of imidazole rings is 1. The summed E-state index contributed by atoms with van der Waals surface area (Å²) in [6.07, 6.45) is 5.22. The van der Waals surface area contributed by atoms with Crippen LogP contribution in [0.2, 0.25) is 0 Å². The van der Waals surface area contributed by atoms with Crippen molar-refractivity contribution in [3.8, 4) is 0 Å². The number of alkyl halides is 1. The molecule has 2 aromatic rings. The molecule has 0 aromatic carbocycles. The Kier molecular flexibility index (Phi) is 3.24. The summed E-state index contributed by atoms with van der Waals surface area (Å²) in [6.45, 7) is 4.81. The van der Waals surface area contributed by atoms with Crippen molar-refractivity contribution in [3.05, 3.63) is 30.4 Å². The van der Waals surface area contributed by atoms with Crippen molar-refractivity contribution < 1.29 is 0 Å². The normalized spacial score (nSPS) is 11.2. The molecule has 0 N–H and O–H groups in total. The smallest absolute Gasteiger partial charge is 0.147 e. The van der Waals surface area contributed by atoms with Crippen LogP contribution in [0.25, 0.3) is 0 Å². The summed E-state index contributed by atoms with van der Waals surface area (Å²) >= 11 is 5.79. The van der Waals surface area contributed by atoms with Crippen LogP contribution in [-0.4, -0.2) is 24.3 Å². The molecule has 0 amide bonds. The van der Waals surface area contributed by atoms with E-state index in [1.54, 1.807) is 12.5 Å². The monoisotopic (exact) mass is 239 g/mol. The highest BCUT2D eigenvalue weighted by Gasteiger charge is 2.09. The molecule has 86 valence electrons. The van der Waals surface area contributed by atoms with Gasteiger partial charge >= 0.3 is 0 Å². The molecule has 0 aliphatic rings. The van der Waals surface area contributed by atoms with E-state index in [1.165, 1.54) is 0 Å². The third-order valence-corrected chi connectivity index (χ3v) is 2.61. The highest BCUT2D eigenvalue weighted by atomic mass is 35.5. The predicted octanol–water partition coefficient (Wildman–Crippen LogP) is 1.84. The van der Waals surface area contributed by atoms with E-state index in [-0.39, 0.29) is 0 Å². The fourth-order valence-corrected chi connectivity index (χ4v) is 1.81. The largest absolute Gasteiger partial charge is 0.326 e. The molecule has 0 unspecified atom stereocenters. The SMILES string of the molecule is CC(C)n1ncnc1Cn1ccnc1CCl. The maximum absolute atomic E-state index is 5.79. The summed E-state index contributed by atoms with van der Waals surface area (Å²) < 4.78 is 3.88. The molecule has 0 bridgehead atoms. The lowest BCUT2D eigenvalue weighted by molar-refractivity contribution is 0.494. The first kappa shape index (κ1) is 11.1. The zero-order valence-corrected chi connectivity index (χ0v) is 10.1. The summed E-state index contributed by atoms with van der Waals surface area (Å²) in [5.41, 5.74) is 0. The molecule has 2 heterocycles.